The minimum atomic E-state index is -0.437. The first kappa shape index (κ1) is 41.1. The molecule has 0 saturated carbocycles. The fraction of sp³-hybridized carbons (Fsp3) is 0.311. The van der Waals surface area contributed by atoms with Crippen molar-refractivity contribution in [2.24, 2.45) is 0 Å². The number of unbranched alkanes of at least 4 members (excludes halogenated alkanes) is 3. The number of para-hydroxylation sites is 1. The molecule has 0 aliphatic rings. The van der Waals surface area contributed by atoms with Gasteiger partial charge in [0.2, 0.25) is 5.75 Å². The van der Waals surface area contributed by atoms with E-state index in [0.717, 1.165) is 62.9 Å². The zero-order valence-corrected chi connectivity index (χ0v) is 32.2. The first-order valence-electron chi connectivity index (χ1n) is 18.7. The Kier molecular flexibility index (Phi) is 15.9. The van der Waals surface area contributed by atoms with Crippen molar-refractivity contribution in [1.29, 1.82) is 0 Å². The fourth-order valence-corrected chi connectivity index (χ4v) is 6.08. The van der Waals surface area contributed by atoms with E-state index < -0.39 is 11.9 Å². The number of esters is 2. The number of hydrogen-bond acceptors (Lipinski definition) is 11. The van der Waals surface area contributed by atoms with Crippen LogP contribution in [-0.4, -0.2) is 71.1 Å². The van der Waals surface area contributed by atoms with E-state index in [2.05, 4.69) is 17.0 Å². The molecule has 0 unspecified atom stereocenters. The van der Waals surface area contributed by atoms with Crippen molar-refractivity contribution >= 4 is 29.0 Å². The van der Waals surface area contributed by atoms with Gasteiger partial charge in [0.15, 0.2) is 23.5 Å². The van der Waals surface area contributed by atoms with Gasteiger partial charge in [0.05, 0.1) is 39.9 Å². The molecule has 5 rings (SSSR count). The summed E-state index contributed by atoms with van der Waals surface area (Å²) in [7, 11) is 4.62. The maximum absolute atomic E-state index is 12.5. The summed E-state index contributed by atoms with van der Waals surface area (Å²) in [5.41, 5.74) is 3.10. The number of nitrogens with zero attached hydrogens (tertiary/aromatic N) is 1. The van der Waals surface area contributed by atoms with E-state index in [1.54, 1.807) is 74.9 Å². The molecule has 0 atom stereocenters. The fourth-order valence-electron chi connectivity index (χ4n) is 6.08. The van der Waals surface area contributed by atoms with E-state index in [0.29, 0.717) is 52.9 Å². The van der Waals surface area contributed by atoms with E-state index in [9.17, 15) is 14.4 Å². The highest BCUT2D eigenvalue weighted by atomic mass is 16.6. The third kappa shape index (κ3) is 12.5. The second-order valence-corrected chi connectivity index (χ2v) is 13.0. The molecule has 0 bridgehead atoms. The van der Waals surface area contributed by atoms with Gasteiger partial charge in [0, 0.05) is 24.3 Å². The molecule has 11 heteroatoms. The number of hydrogen-bond donors (Lipinski definition) is 0. The first-order chi connectivity index (χ1) is 27.4. The van der Waals surface area contributed by atoms with Gasteiger partial charge >= 0.3 is 11.9 Å². The lowest BCUT2D eigenvalue weighted by atomic mass is 10.1. The number of methoxy groups -OCH3 is 3. The maximum atomic E-state index is 12.5. The normalized spacial score (nSPS) is 11.1. The van der Waals surface area contributed by atoms with Crippen molar-refractivity contribution in [2.45, 2.75) is 38.6 Å². The average Bonchev–Trinajstić information content (AvgIpc) is 3.23. The van der Waals surface area contributed by atoms with Gasteiger partial charge in [-0.25, -0.2) is 9.59 Å². The van der Waals surface area contributed by atoms with Crippen LogP contribution in [0.1, 0.15) is 43.2 Å². The largest absolute Gasteiger partial charge is 0.493 e. The zero-order chi connectivity index (χ0) is 39.5. The molecule has 0 spiro atoms. The number of ether oxygens (including phenoxy) is 6. The van der Waals surface area contributed by atoms with Gasteiger partial charge in [-0.3, -0.25) is 9.69 Å². The summed E-state index contributed by atoms with van der Waals surface area (Å²) in [5.74, 6) is 1.60. The average molecular weight is 764 g/mol. The van der Waals surface area contributed by atoms with Crippen molar-refractivity contribution in [3.8, 4) is 34.3 Å². The molecule has 0 amide bonds. The molecule has 0 aliphatic carbocycles. The monoisotopic (exact) mass is 763 g/mol. The highest BCUT2D eigenvalue weighted by Gasteiger charge is 2.13. The van der Waals surface area contributed by atoms with E-state index in [4.69, 9.17) is 32.8 Å². The van der Waals surface area contributed by atoms with Crippen LogP contribution in [0, 0.1) is 0 Å². The first-order valence-corrected chi connectivity index (χ1v) is 18.7. The minimum absolute atomic E-state index is 0.109. The molecule has 4 aromatic carbocycles. The van der Waals surface area contributed by atoms with Crippen LogP contribution in [0.25, 0.3) is 28.4 Å². The van der Waals surface area contributed by atoms with Crippen molar-refractivity contribution < 1.29 is 42.4 Å². The van der Waals surface area contributed by atoms with Crippen molar-refractivity contribution in [1.82, 2.24) is 4.90 Å². The smallest absolute Gasteiger partial charge is 0.344 e. The summed E-state index contributed by atoms with van der Waals surface area (Å²) in [5, 5.41) is 0.532. The Hall–Kier alpha value is -6.07. The molecule has 5 aromatic rings. The lowest BCUT2D eigenvalue weighted by molar-refractivity contribution is -0.146. The molecule has 1 heterocycles. The molecule has 0 radical (unpaired) electrons. The zero-order valence-electron chi connectivity index (χ0n) is 32.2. The van der Waals surface area contributed by atoms with Crippen LogP contribution in [0.4, 0.5) is 0 Å². The summed E-state index contributed by atoms with van der Waals surface area (Å²) in [6.45, 7) is 3.00. The van der Waals surface area contributed by atoms with Crippen LogP contribution in [0.3, 0.4) is 0 Å². The van der Waals surface area contributed by atoms with Crippen LogP contribution in [0.5, 0.6) is 23.0 Å². The lowest BCUT2D eigenvalue weighted by Gasteiger charge is -2.22. The predicted octanol–water partition coefficient (Wildman–Crippen LogP) is 8.12. The molecule has 56 heavy (non-hydrogen) atoms. The maximum Gasteiger partial charge on any atom is 0.344 e. The Labute approximate surface area is 327 Å². The summed E-state index contributed by atoms with van der Waals surface area (Å²) in [6, 6.07) is 29.5. The van der Waals surface area contributed by atoms with Gasteiger partial charge in [0.1, 0.15) is 17.1 Å². The van der Waals surface area contributed by atoms with Gasteiger partial charge in [-0.15, -0.1) is 0 Å². The van der Waals surface area contributed by atoms with Crippen molar-refractivity contribution in [2.75, 3.05) is 54.2 Å². The van der Waals surface area contributed by atoms with Crippen LogP contribution < -0.4 is 24.4 Å². The van der Waals surface area contributed by atoms with Gasteiger partial charge < -0.3 is 32.8 Å². The molecule has 294 valence electrons. The Bertz CT molecular complexity index is 2070. The lowest BCUT2D eigenvalue weighted by Crippen LogP contribution is -2.26. The van der Waals surface area contributed by atoms with Crippen LogP contribution in [0.2, 0.25) is 0 Å². The van der Waals surface area contributed by atoms with Gasteiger partial charge in [-0.1, -0.05) is 42.5 Å². The molecule has 0 fully saturated rings. The Balaban J connectivity index is 0.979. The van der Waals surface area contributed by atoms with E-state index >= 15 is 0 Å². The second-order valence-electron chi connectivity index (χ2n) is 13.0. The Morgan fingerprint density at radius 1 is 0.714 bits per heavy atom. The second kappa shape index (κ2) is 21.7. The Morgan fingerprint density at radius 3 is 2.09 bits per heavy atom. The topological polar surface area (TPSA) is 123 Å². The van der Waals surface area contributed by atoms with Crippen LogP contribution >= 0.6 is 0 Å². The number of fused-ring (bicyclic) bond motifs is 1. The predicted molar refractivity (Wildman–Crippen MR) is 215 cm³/mol. The SMILES string of the molecule is COc1cc(/C=C/C(=O)OCCCCCN(CCCCOC(=O)COc2ccc(-c3cc(=O)c4ccccc4o3)cc2)Cc2ccccc2)cc(OC)c1OC. The van der Waals surface area contributed by atoms with Crippen LogP contribution in [0.15, 0.2) is 112 Å². The summed E-state index contributed by atoms with van der Waals surface area (Å²) >= 11 is 0. The van der Waals surface area contributed by atoms with E-state index in [-0.39, 0.29) is 12.0 Å². The molecular formula is C45H49NO10. The van der Waals surface area contributed by atoms with Crippen LogP contribution in [-0.2, 0) is 25.6 Å². The van der Waals surface area contributed by atoms with Gasteiger partial charge in [-0.05, 0) is 111 Å². The summed E-state index contributed by atoms with van der Waals surface area (Å²) < 4.78 is 38.5. The number of carbonyl (C=O) groups is 2. The third-order valence-corrected chi connectivity index (χ3v) is 8.97. The molecule has 1 aromatic heterocycles. The van der Waals surface area contributed by atoms with Gasteiger partial charge in [-0.2, -0.15) is 0 Å². The molecular weight excluding hydrogens is 714 g/mol. The molecule has 0 aliphatic heterocycles. The van der Waals surface area contributed by atoms with E-state index in [1.807, 2.05) is 24.3 Å². The molecule has 0 saturated heterocycles. The molecule has 0 N–H and O–H groups in total. The van der Waals surface area contributed by atoms with Gasteiger partial charge in [0.25, 0.3) is 0 Å². The Morgan fingerprint density at radius 2 is 1.38 bits per heavy atom. The summed E-state index contributed by atoms with van der Waals surface area (Å²) in [6.07, 6.45) is 7.26. The number of benzene rings is 4. The van der Waals surface area contributed by atoms with Crippen molar-refractivity contribution in [3.63, 3.8) is 0 Å². The third-order valence-electron chi connectivity index (χ3n) is 8.97. The molecule has 11 nitrogen and oxygen atoms in total. The number of carbonyl (C=O) groups excluding carboxylic acids is 2. The quantitative estimate of drug-likeness (QED) is 0.0386. The minimum Gasteiger partial charge on any atom is -0.493 e. The van der Waals surface area contributed by atoms with E-state index in [1.165, 1.54) is 24.8 Å². The van der Waals surface area contributed by atoms with Crippen molar-refractivity contribution in [3.05, 3.63) is 124 Å². The highest BCUT2D eigenvalue weighted by Crippen LogP contribution is 2.38. The highest BCUT2D eigenvalue weighted by molar-refractivity contribution is 5.87. The number of rotatable bonds is 22. The standard InChI is InChI=1S/C45H49NO10/c1-50-41-28-34(29-42(51-2)45(41)52-3)18-23-43(48)53-26-12-5-10-24-46(31-33-14-6-4-7-15-33)25-11-13-27-54-44(49)32-55-36-21-19-35(20-22-36)40-30-38(47)37-16-8-9-17-39(37)56-40/h4,6-9,14-23,28-30H,5,10-13,24-27,31-32H2,1-3H3/b23-18+. The summed E-state index contributed by atoms with van der Waals surface area (Å²) in [4.78, 5) is 39.6.